The normalized spacial score (nSPS) is 14.4. The molecule has 26 heavy (non-hydrogen) atoms. The van der Waals surface area contributed by atoms with Gasteiger partial charge in [0.05, 0.1) is 6.42 Å². The molecule has 0 bridgehead atoms. The molecule has 1 aromatic heterocycles. The maximum Gasteiger partial charge on any atom is 0.229 e. The summed E-state index contributed by atoms with van der Waals surface area (Å²) in [5.41, 5.74) is 4.48. The van der Waals surface area contributed by atoms with Crippen LogP contribution in [0.25, 0.3) is 0 Å². The Balaban J connectivity index is 1.52. The molecule has 2 aromatic rings. The average molecular weight is 389 g/mol. The van der Waals surface area contributed by atoms with Gasteiger partial charge in [0.2, 0.25) is 5.91 Å². The van der Waals surface area contributed by atoms with Crippen molar-refractivity contribution in [1.29, 1.82) is 0 Å². The van der Waals surface area contributed by atoms with Crippen LogP contribution in [-0.2, 0) is 11.2 Å². The Morgan fingerprint density at radius 2 is 1.88 bits per heavy atom. The van der Waals surface area contributed by atoms with Crippen LogP contribution < -0.4 is 5.32 Å². The molecule has 3 rings (SSSR count). The second-order valence-corrected chi connectivity index (χ2v) is 7.93. The largest absolute Gasteiger partial charge is 0.345 e. The van der Waals surface area contributed by atoms with Crippen molar-refractivity contribution < 1.29 is 4.79 Å². The summed E-state index contributed by atoms with van der Waals surface area (Å²) >= 11 is 7.13. The molecular weight excluding hydrogens is 364 g/mol. The van der Waals surface area contributed by atoms with E-state index in [4.69, 9.17) is 12.2 Å². The third kappa shape index (κ3) is 4.40. The zero-order valence-electron chi connectivity index (χ0n) is 15.4. The van der Waals surface area contributed by atoms with Gasteiger partial charge in [-0.15, -0.1) is 11.3 Å². The van der Waals surface area contributed by atoms with E-state index in [-0.39, 0.29) is 5.91 Å². The number of aromatic nitrogens is 1. The number of thiazole rings is 1. The lowest BCUT2D eigenvalue weighted by molar-refractivity contribution is -0.131. The number of hydrogen-bond acceptors (Lipinski definition) is 4. The van der Waals surface area contributed by atoms with Crippen molar-refractivity contribution in [2.75, 3.05) is 31.5 Å². The number of amides is 1. The summed E-state index contributed by atoms with van der Waals surface area (Å²) in [6, 6.07) is 6.17. The molecule has 1 saturated heterocycles. The molecule has 138 valence electrons. The van der Waals surface area contributed by atoms with E-state index in [2.05, 4.69) is 35.1 Å². The van der Waals surface area contributed by atoms with E-state index in [1.54, 1.807) is 11.3 Å². The summed E-state index contributed by atoms with van der Waals surface area (Å²) in [4.78, 5) is 20.9. The predicted molar refractivity (Wildman–Crippen MR) is 111 cm³/mol. The van der Waals surface area contributed by atoms with Gasteiger partial charge < -0.3 is 15.1 Å². The lowest BCUT2D eigenvalue weighted by Gasteiger charge is -2.36. The van der Waals surface area contributed by atoms with Crippen molar-refractivity contribution in [3.8, 4) is 0 Å². The Hall–Kier alpha value is -1.99. The molecule has 1 aliphatic rings. The minimum absolute atomic E-state index is 0.146. The quantitative estimate of drug-likeness (QED) is 0.819. The summed E-state index contributed by atoms with van der Waals surface area (Å²) in [5.74, 6) is 0.146. The van der Waals surface area contributed by atoms with Crippen molar-refractivity contribution in [2.45, 2.75) is 27.2 Å². The van der Waals surface area contributed by atoms with E-state index in [9.17, 15) is 4.79 Å². The lowest BCUT2D eigenvalue weighted by Crippen LogP contribution is -2.52. The fourth-order valence-electron chi connectivity index (χ4n) is 2.96. The van der Waals surface area contributed by atoms with Crippen LogP contribution in [0.1, 0.15) is 21.8 Å². The molecule has 5 nitrogen and oxygen atoms in total. The van der Waals surface area contributed by atoms with Crippen LogP contribution in [-0.4, -0.2) is 52.0 Å². The molecule has 0 unspecified atom stereocenters. The Morgan fingerprint density at radius 1 is 1.19 bits per heavy atom. The zero-order chi connectivity index (χ0) is 18.7. The number of carbonyl (C=O) groups excluding carboxylic acids is 1. The van der Waals surface area contributed by atoms with Gasteiger partial charge in [-0.2, -0.15) is 0 Å². The minimum atomic E-state index is 0.146. The number of nitrogens with one attached hydrogen (secondary N) is 1. The monoisotopic (exact) mass is 388 g/mol. The van der Waals surface area contributed by atoms with Crippen molar-refractivity contribution in [3.63, 3.8) is 0 Å². The van der Waals surface area contributed by atoms with Crippen molar-refractivity contribution in [1.82, 2.24) is 14.8 Å². The van der Waals surface area contributed by atoms with E-state index >= 15 is 0 Å². The summed E-state index contributed by atoms with van der Waals surface area (Å²) < 4.78 is 0. The smallest absolute Gasteiger partial charge is 0.229 e. The van der Waals surface area contributed by atoms with Gasteiger partial charge in [0, 0.05) is 42.9 Å². The highest BCUT2D eigenvalue weighted by Gasteiger charge is 2.23. The van der Waals surface area contributed by atoms with Gasteiger partial charge in [0.1, 0.15) is 5.01 Å². The summed E-state index contributed by atoms with van der Waals surface area (Å²) in [5, 5.41) is 6.95. The van der Waals surface area contributed by atoms with Gasteiger partial charge in [0.15, 0.2) is 5.11 Å². The highest BCUT2D eigenvalue weighted by Crippen LogP contribution is 2.19. The fraction of sp³-hybridized carbons (Fsp3) is 0.421. The average Bonchev–Trinajstić information content (AvgIpc) is 3.04. The number of aryl methyl sites for hydroxylation is 2. The summed E-state index contributed by atoms with van der Waals surface area (Å²) in [6.07, 6.45) is 0.393. The molecule has 0 radical (unpaired) electrons. The van der Waals surface area contributed by atoms with Crippen molar-refractivity contribution in [2.24, 2.45) is 0 Å². The van der Waals surface area contributed by atoms with E-state index in [0.717, 1.165) is 34.6 Å². The van der Waals surface area contributed by atoms with Gasteiger partial charge in [-0.1, -0.05) is 12.1 Å². The number of anilines is 1. The first-order valence-electron chi connectivity index (χ1n) is 8.75. The van der Waals surface area contributed by atoms with Crippen LogP contribution in [0.3, 0.4) is 0 Å². The molecule has 1 N–H and O–H groups in total. The van der Waals surface area contributed by atoms with Crippen LogP contribution >= 0.6 is 23.6 Å². The number of nitrogens with zero attached hydrogens (tertiary/aromatic N) is 3. The van der Waals surface area contributed by atoms with E-state index in [0.29, 0.717) is 19.5 Å². The Kier molecular flexibility index (Phi) is 5.88. The van der Waals surface area contributed by atoms with Gasteiger partial charge in [0.25, 0.3) is 0 Å². The molecule has 0 atom stereocenters. The summed E-state index contributed by atoms with van der Waals surface area (Å²) in [7, 11) is 0. The Morgan fingerprint density at radius 3 is 2.54 bits per heavy atom. The second kappa shape index (κ2) is 8.14. The van der Waals surface area contributed by atoms with Gasteiger partial charge in [-0.25, -0.2) is 4.98 Å². The fourth-order valence-corrected chi connectivity index (χ4v) is 4.02. The predicted octanol–water partition coefficient (Wildman–Crippen LogP) is 3.15. The standard InChI is InChI=1S/C19H24N4OS2/c1-13-5-4-6-16(15(13)3)21-19(25)23-9-7-22(8-10-23)18(24)11-17-20-14(2)12-26-17/h4-6,12H,7-11H2,1-3H3,(H,21,25). The van der Waals surface area contributed by atoms with E-state index in [1.807, 2.05) is 29.3 Å². The third-order valence-corrected chi connectivity index (χ3v) is 6.06. The SMILES string of the molecule is Cc1csc(CC(=O)N2CCN(C(=S)Nc3cccc(C)c3C)CC2)n1. The first-order chi connectivity index (χ1) is 12.4. The van der Waals surface area contributed by atoms with Crippen molar-refractivity contribution in [3.05, 3.63) is 45.4 Å². The number of hydrogen-bond donors (Lipinski definition) is 1. The lowest BCUT2D eigenvalue weighted by atomic mass is 10.1. The number of thiocarbonyl (C=S) groups is 1. The first kappa shape index (κ1) is 18.8. The van der Waals surface area contributed by atoms with Crippen molar-refractivity contribution >= 4 is 40.3 Å². The molecule has 0 spiro atoms. The maximum absolute atomic E-state index is 12.5. The number of rotatable bonds is 3. The Bertz CT molecular complexity index is 810. The van der Waals surface area contributed by atoms with Crippen LogP contribution in [0.4, 0.5) is 5.69 Å². The third-order valence-electron chi connectivity index (χ3n) is 4.73. The zero-order valence-corrected chi connectivity index (χ0v) is 17.0. The second-order valence-electron chi connectivity index (χ2n) is 6.60. The van der Waals surface area contributed by atoms with E-state index in [1.165, 1.54) is 11.1 Å². The summed E-state index contributed by atoms with van der Waals surface area (Å²) in [6.45, 7) is 9.02. The van der Waals surface area contributed by atoms with Crippen LogP contribution in [0.15, 0.2) is 23.6 Å². The van der Waals surface area contributed by atoms with Crippen LogP contribution in [0.2, 0.25) is 0 Å². The van der Waals surface area contributed by atoms with Gasteiger partial charge >= 0.3 is 0 Å². The highest BCUT2D eigenvalue weighted by atomic mass is 32.1. The molecule has 2 heterocycles. The van der Waals surface area contributed by atoms with Crippen LogP contribution in [0, 0.1) is 20.8 Å². The number of carbonyl (C=O) groups is 1. The number of piperazine rings is 1. The van der Waals surface area contributed by atoms with E-state index < -0.39 is 0 Å². The molecule has 1 aliphatic heterocycles. The first-order valence-corrected chi connectivity index (χ1v) is 10.0. The molecule has 1 aromatic carbocycles. The van der Waals surface area contributed by atoms with Gasteiger partial charge in [-0.3, -0.25) is 4.79 Å². The Labute approximate surface area is 164 Å². The molecule has 1 fully saturated rings. The molecule has 0 aliphatic carbocycles. The topological polar surface area (TPSA) is 48.5 Å². The number of benzene rings is 1. The maximum atomic E-state index is 12.5. The highest BCUT2D eigenvalue weighted by molar-refractivity contribution is 7.80. The molecule has 7 heteroatoms. The minimum Gasteiger partial charge on any atom is -0.345 e. The van der Waals surface area contributed by atoms with Gasteiger partial charge in [-0.05, 0) is 50.2 Å². The molecule has 0 saturated carbocycles. The molecule has 1 amide bonds. The molecular formula is C19H24N4OS2. The van der Waals surface area contributed by atoms with Crippen LogP contribution in [0.5, 0.6) is 0 Å².